The summed E-state index contributed by atoms with van der Waals surface area (Å²) in [6, 6.07) is 4.11. The molecule has 0 aromatic heterocycles. The fraction of sp³-hybridized carbons (Fsp3) is 0.308. The van der Waals surface area contributed by atoms with E-state index in [2.05, 4.69) is 11.2 Å². The highest BCUT2D eigenvalue weighted by Crippen LogP contribution is 2.15. The fourth-order valence-electron chi connectivity index (χ4n) is 1.29. The Morgan fingerprint density at radius 2 is 2.35 bits per heavy atom. The van der Waals surface area contributed by atoms with Crippen LogP contribution in [0.1, 0.15) is 23.2 Å². The largest absolute Gasteiger partial charge is 0.497 e. The van der Waals surface area contributed by atoms with E-state index in [9.17, 15) is 9.18 Å². The standard InChI is InChI=1S/C13H14FNO2/c1-3-4-5-8-15-13(16)11-7-6-10(17-2)9-12(11)14/h1,6-7,9H,4-5,8H2,2H3,(H,15,16). The van der Waals surface area contributed by atoms with Crippen LogP contribution in [-0.2, 0) is 0 Å². The quantitative estimate of drug-likeness (QED) is 0.626. The molecule has 0 unspecified atom stereocenters. The van der Waals surface area contributed by atoms with Gasteiger partial charge in [0.15, 0.2) is 0 Å². The Morgan fingerprint density at radius 3 is 2.94 bits per heavy atom. The van der Waals surface area contributed by atoms with Crippen molar-refractivity contribution in [2.75, 3.05) is 13.7 Å². The van der Waals surface area contributed by atoms with Crippen LogP contribution in [0.15, 0.2) is 18.2 Å². The Kier molecular flexibility index (Phi) is 5.02. The van der Waals surface area contributed by atoms with E-state index in [-0.39, 0.29) is 5.56 Å². The molecule has 1 aromatic carbocycles. The van der Waals surface area contributed by atoms with Crippen LogP contribution in [0.25, 0.3) is 0 Å². The number of benzene rings is 1. The highest BCUT2D eigenvalue weighted by molar-refractivity contribution is 5.94. The van der Waals surface area contributed by atoms with Gasteiger partial charge in [0.25, 0.3) is 5.91 Å². The van der Waals surface area contributed by atoms with Crippen LogP contribution in [0.3, 0.4) is 0 Å². The van der Waals surface area contributed by atoms with E-state index in [0.29, 0.717) is 25.1 Å². The Bertz CT molecular complexity index is 438. The number of hydrogen-bond acceptors (Lipinski definition) is 2. The molecule has 90 valence electrons. The summed E-state index contributed by atoms with van der Waals surface area (Å²) in [5.41, 5.74) is 0.00603. The lowest BCUT2D eigenvalue weighted by Gasteiger charge is -2.06. The SMILES string of the molecule is C#CCCCNC(=O)c1ccc(OC)cc1F. The highest BCUT2D eigenvalue weighted by Gasteiger charge is 2.11. The zero-order chi connectivity index (χ0) is 12.7. The van der Waals surface area contributed by atoms with Crippen molar-refractivity contribution in [1.29, 1.82) is 0 Å². The third kappa shape index (κ3) is 3.80. The fourth-order valence-corrected chi connectivity index (χ4v) is 1.29. The number of methoxy groups -OCH3 is 1. The molecule has 1 rings (SSSR count). The summed E-state index contributed by atoms with van der Waals surface area (Å²) < 4.78 is 18.3. The van der Waals surface area contributed by atoms with Gasteiger partial charge in [0, 0.05) is 19.0 Å². The molecule has 3 nitrogen and oxygen atoms in total. The predicted octanol–water partition coefficient (Wildman–Crippen LogP) is 1.98. The zero-order valence-corrected chi connectivity index (χ0v) is 9.63. The van der Waals surface area contributed by atoms with Gasteiger partial charge in [-0.05, 0) is 18.6 Å². The Hall–Kier alpha value is -2.02. The lowest BCUT2D eigenvalue weighted by molar-refractivity contribution is 0.0949. The monoisotopic (exact) mass is 235 g/mol. The van der Waals surface area contributed by atoms with E-state index in [0.717, 1.165) is 0 Å². The number of nitrogens with one attached hydrogen (secondary N) is 1. The average Bonchev–Trinajstić information content (AvgIpc) is 2.34. The second kappa shape index (κ2) is 6.54. The van der Waals surface area contributed by atoms with E-state index in [1.165, 1.54) is 19.2 Å². The van der Waals surface area contributed by atoms with Gasteiger partial charge >= 0.3 is 0 Å². The maximum Gasteiger partial charge on any atom is 0.254 e. The van der Waals surface area contributed by atoms with Crippen LogP contribution in [0.5, 0.6) is 5.75 Å². The van der Waals surface area contributed by atoms with Gasteiger partial charge in [-0.25, -0.2) is 4.39 Å². The highest BCUT2D eigenvalue weighted by atomic mass is 19.1. The molecule has 0 saturated carbocycles. The van der Waals surface area contributed by atoms with E-state index >= 15 is 0 Å². The molecule has 0 heterocycles. The van der Waals surface area contributed by atoms with Crippen LogP contribution in [0.4, 0.5) is 4.39 Å². The molecule has 0 aliphatic heterocycles. The van der Waals surface area contributed by atoms with Crippen LogP contribution in [0, 0.1) is 18.2 Å². The summed E-state index contributed by atoms with van der Waals surface area (Å²) >= 11 is 0. The summed E-state index contributed by atoms with van der Waals surface area (Å²) in [6.07, 6.45) is 6.35. The first kappa shape index (κ1) is 13.0. The van der Waals surface area contributed by atoms with Crippen molar-refractivity contribution >= 4 is 5.91 Å². The third-order valence-electron chi connectivity index (χ3n) is 2.20. The molecule has 0 fully saturated rings. The minimum Gasteiger partial charge on any atom is -0.497 e. The molecular formula is C13H14FNO2. The first-order valence-electron chi connectivity index (χ1n) is 5.24. The Balaban J connectivity index is 2.60. The molecule has 0 saturated heterocycles. The molecule has 0 spiro atoms. The van der Waals surface area contributed by atoms with Crippen LogP contribution in [0.2, 0.25) is 0 Å². The molecule has 1 aromatic rings. The van der Waals surface area contributed by atoms with Crippen LogP contribution in [-0.4, -0.2) is 19.6 Å². The van der Waals surface area contributed by atoms with Crippen LogP contribution < -0.4 is 10.1 Å². The molecule has 0 bridgehead atoms. The van der Waals surface area contributed by atoms with Gasteiger partial charge in [0.2, 0.25) is 0 Å². The zero-order valence-electron chi connectivity index (χ0n) is 9.63. The summed E-state index contributed by atoms with van der Waals surface area (Å²) in [4.78, 5) is 11.6. The van der Waals surface area contributed by atoms with E-state index in [1.807, 2.05) is 0 Å². The second-order valence-electron chi connectivity index (χ2n) is 3.41. The summed E-state index contributed by atoms with van der Waals surface area (Å²) in [7, 11) is 1.44. The lowest BCUT2D eigenvalue weighted by Crippen LogP contribution is -2.25. The number of ether oxygens (including phenoxy) is 1. The van der Waals surface area contributed by atoms with Gasteiger partial charge in [0.1, 0.15) is 11.6 Å². The van der Waals surface area contributed by atoms with Crippen molar-refractivity contribution in [2.24, 2.45) is 0 Å². The van der Waals surface area contributed by atoms with Crippen molar-refractivity contribution in [3.05, 3.63) is 29.6 Å². The molecule has 0 atom stereocenters. The number of terminal acetylenes is 1. The number of rotatable bonds is 5. The van der Waals surface area contributed by atoms with Gasteiger partial charge in [0.05, 0.1) is 12.7 Å². The Morgan fingerprint density at radius 1 is 1.59 bits per heavy atom. The van der Waals surface area contributed by atoms with E-state index in [4.69, 9.17) is 11.2 Å². The molecule has 17 heavy (non-hydrogen) atoms. The predicted molar refractivity (Wildman–Crippen MR) is 63.4 cm³/mol. The van der Waals surface area contributed by atoms with Crippen molar-refractivity contribution in [1.82, 2.24) is 5.32 Å². The maximum atomic E-state index is 13.5. The number of hydrogen-bond donors (Lipinski definition) is 1. The van der Waals surface area contributed by atoms with Crippen molar-refractivity contribution in [3.8, 4) is 18.1 Å². The topological polar surface area (TPSA) is 38.3 Å². The third-order valence-corrected chi connectivity index (χ3v) is 2.20. The first-order chi connectivity index (χ1) is 8.19. The molecule has 1 amide bonds. The van der Waals surface area contributed by atoms with Gasteiger partial charge in [-0.3, -0.25) is 4.79 Å². The van der Waals surface area contributed by atoms with Gasteiger partial charge in [-0.2, -0.15) is 0 Å². The Labute approximate surface area is 100.0 Å². The normalized spacial score (nSPS) is 9.47. The maximum absolute atomic E-state index is 13.5. The van der Waals surface area contributed by atoms with Gasteiger partial charge in [-0.15, -0.1) is 12.3 Å². The number of carbonyl (C=O) groups excluding carboxylic acids is 1. The van der Waals surface area contributed by atoms with E-state index < -0.39 is 11.7 Å². The minimum absolute atomic E-state index is 0.00603. The molecule has 4 heteroatoms. The first-order valence-corrected chi connectivity index (χ1v) is 5.24. The number of carbonyl (C=O) groups is 1. The average molecular weight is 235 g/mol. The summed E-state index contributed by atoms with van der Waals surface area (Å²) in [5, 5.41) is 2.60. The number of amides is 1. The smallest absolute Gasteiger partial charge is 0.254 e. The van der Waals surface area contributed by atoms with Crippen LogP contribution >= 0.6 is 0 Å². The molecule has 0 aliphatic carbocycles. The molecule has 0 radical (unpaired) electrons. The van der Waals surface area contributed by atoms with E-state index in [1.54, 1.807) is 6.07 Å². The van der Waals surface area contributed by atoms with Crippen molar-refractivity contribution < 1.29 is 13.9 Å². The van der Waals surface area contributed by atoms with Gasteiger partial charge < -0.3 is 10.1 Å². The molecule has 0 aliphatic rings. The lowest BCUT2D eigenvalue weighted by atomic mass is 10.2. The van der Waals surface area contributed by atoms with Gasteiger partial charge in [-0.1, -0.05) is 0 Å². The molecular weight excluding hydrogens is 221 g/mol. The van der Waals surface area contributed by atoms with Crippen molar-refractivity contribution in [2.45, 2.75) is 12.8 Å². The molecule has 1 N–H and O–H groups in total. The number of unbranched alkanes of at least 4 members (excludes halogenated alkanes) is 1. The minimum atomic E-state index is -0.598. The summed E-state index contributed by atoms with van der Waals surface area (Å²) in [5.74, 6) is 1.81. The summed E-state index contributed by atoms with van der Waals surface area (Å²) in [6.45, 7) is 0.439. The number of halogens is 1. The van der Waals surface area contributed by atoms with Crippen molar-refractivity contribution in [3.63, 3.8) is 0 Å². The second-order valence-corrected chi connectivity index (χ2v) is 3.41.